The number of benzene rings is 1. The van der Waals surface area contributed by atoms with E-state index in [0.29, 0.717) is 0 Å². The van der Waals surface area contributed by atoms with Gasteiger partial charge in [0.05, 0.1) is 17.6 Å². The number of nitrogens with zero attached hydrogens (tertiary/aromatic N) is 2. The van der Waals surface area contributed by atoms with E-state index in [2.05, 4.69) is 27.7 Å². The highest BCUT2D eigenvalue weighted by Crippen LogP contribution is 2.18. The van der Waals surface area contributed by atoms with Crippen molar-refractivity contribution in [2.75, 3.05) is 5.73 Å². The van der Waals surface area contributed by atoms with Crippen LogP contribution in [0.4, 0.5) is 5.69 Å². The molecule has 88 valence electrons. The molecule has 17 heavy (non-hydrogen) atoms. The minimum atomic E-state index is -0.622. The maximum atomic E-state index is 11.1. The Hall–Kier alpha value is -1.57. The van der Waals surface area contributed by atoms with Crippen molar-refractivity contribution >= 4 is 34.2 Å². The molecule has 2 aromatic rings. The fourth-order valence-electron chi connectivity index (χ4n) is 1.48. The van der Waals surface area contributed by atoms with Crippen LogP contribution in [-0.4, -0.2) is 15.7 Å². The Balaban J connectivity index is 2.50. The third-order valence-electron chi connectivity index (χ3n) is 2.38. The molecule has 0 saturated heterocycles. The van der Waals surface area contributed by atoms with Crippen molar-refractivity contribution in [3.63, 3.8) is 0 Å². The van der Waals surface area contributed by atoms with Crippen molar-refractivity contribution in [2.45, 2.75) is 6.92 Å². The van der Waals surface area contributed by atoms with E-state index in [0.717, 1.165) is 11.3 Å². The number of rotatable bonds is 2. The fourth-order valence-corrected chi connectivity index (χ4v) is 1.82. The number of carbonyl (C=O) groups is 1. The molecule has 0 fully saturated rings. The number of nitrogen functional groups attached to an aromatic ring is 1. The lowest BCUT2D eigenvalue weighted by molar-refractivity contribution is 0.0996. The first-order valence-electron chi connectivity index (χ1n) is 4.90. The Morgan fingerprint density at radius 3 is 2.71 bits per heavy atom. The molecule has 0 radical (unpaired) electrons. The summed E-state index contributed by atoms with van der Waals surface area (Å²) in [5.41, 5.74) is 13.2. The molecule has 1 aromatic heterocycles. The van der Waals surface area contributed by atoms with Gasteiger partial charge in [-0.3, -0.25) is 4.79 Å². The first kappa shape index (κ1) is 11.9. The third-order valence-corrected chi connectivity index (χ3v) is 3.59. The molecule has 6 heteroatoms. The van der Waals surface area contributed by atoms with Gasteiger partial charge < -0.3 is 11.5 Å². The van der Waals surface area contributed by atoms with Crippen LogP contribution in [-0.2, 0) is 0 Å². The van der Waals surface area contributed by atoms with E-state index in [1.54, 1.807) is 10.9 Å². The van der Waals surface area contributed by atoms with Gasteiger partial charge in [-0.1, -0.05) is 0 Å². The predicted octanol–water partition coefficient (Wildman–Crippen LogP) is 1.47. The summed E-state index contributed by atoms with van der Waals surface area (Å²) in [5.74, 6) is -0.622. The van der Waals surface area contributed by atoms with E-state index in [1.165, 1.54) is 3.57 Å². The summed E-state index contributed by atoms with van der Waals surface area (Å²) in [6, 6.07) is 5.86. The van der Waals surface area contributed by atoms with E-state index in [9.17, 15) is 4.79 Å². The summed E-state index contributed by atoms with van der Waals surface area (Å²) in [6.07, 6.45) is 1.59. The summed E-state index contributed by atoms with van der Waals surface area (Å²) in [7, 11) is 0. The normalized spacial score (nSPS) is 10.5. The monoisotopic (exact) mass is 342 g/mol. The van der Waals surface area contributed by atoms with Crippen LogP contribution < -0.4 is 11.5 Å². The molecule has 0 bridgehead atoms. The van der Waals surface area contributed by atoms with Crippen LogP contribution in [0.2, 0.25) is 0 Å². The van der Waals surface area contributed by atoms with Crippen LogP contribution in [0.5, 0.6) is 0 Å². The molecule has 1 amide bonds. The van der Waals surface area contributed by atoms with Gasteiger partial charge in [0.1, 0.15) is 0 Å². The number of carbonyl (C=O) groups excluding carboxylic acids is 1. The van der Waals surface area contributed by atoms with E-state index < -0.39 is 5.91 Å². The summed E-state index contributed by atoms with van der Waals surface area (Å²) >= 11 is 2.25. The van der Waals surface area contributed by atoms with Crippen LogP contribution in [0.25, 0.3) is 5.69 Å². The molecule has 0 unspecified atom stereocenters. The van der Waals surface area contributed by atoms with Crippen LogP contribution >= 0.6 is 22.6 Å². The van der Waals surface area contributed by atoms with Gasteiger partial charge in [-0.2, -0.15) is 5.10 Å². The second kappa shape index (κ2) is 4.36. The molecule has 0 saturated carbocycles. The zero-order valence-electron chi connectivity index (χ0n) is 9.14. The molecule has 0 spiro atoms. The highest BCUT2D eigenvalue weighted by atomic mass is 127. The maximum Gasteiger partial charge on any atom is 0.271 e. The molecule has 0 atom stereocenters. The van der Waals surface area contributed by atoms with Crippen molar-refractivity contribution in [3.8, 4) is 5.69 Å². The van der Waals surface area contributed by atoms with Gasteiger partial charge >= 0.3 is 0 Å². The quantitative estimate of drug-likeness (QED) is 0.811. The number of anilines is 1. The lowest BCUT2D eigenvalue weighted by Gasteiger charge is -2.03. The Labute approximate surface area is 112 Å². The van der Waals surface area contributed by atoms with Crippen molar-refractivity contribution in [3.05, 3.63) is 39.2 Å². The van der Waals surface area contributed by atoms with Gasteiger partial charge in [-0.15, -0.1) is 0 Å². The summed E-state index contributed by atoms with van der Waals surface area (Å²) in [5, 5.41) is 4.06. The number of halogens is 1. The Kier molecular flexibility index (Phi) is 3.05. The molecular formula is C11H11IN4O. The standard InChI is InChI=1S/C11H11IN4O/c1-6-4-7(2-3-8(6)12)16-5-9(13)10(15-16)11(14)17/h2-5H,13H2,1H3,(H2,14,17). The highest BCUT2D eigenvalue weighted by molar-refractivity contribution is 14.1. The smallest absolute Gasteiger partial charge is 0.271 e. The zero-order valence-corrected chi connectivity index (χ0v) is 11.3. The van der Waals surface area contributed by atoms with Gasteiger partial charge in [0.25, 0.3) is 5.91 Å². The van der Waals surface area contributed by atoms with Gasteiger partial charge in [-0.25, -0.2) is 4.68 Å². The third kappa shape index (κ3) is 2.26. The van der Waals surface area contributed by atoms with E-state index in [-0.39, 0.29) is 11.4 Å². The number of hydrogen-bond donors (Lipinski definition) is 2. The van der Waals surface area contributed by atoms with Crippen LogP contribution in [0, 0.1) is 10.5 Å². The van der Waals surface area contributed by atoms with E-state index >= 15 is 0 Å². The Bertz CT molecular complexity index is 591. The van der Waals surface area contributed by atoms with Crippen LogP contribution in [0.15, 0.2) is 24.4 Å². The van der Waals surface area contributed by atoms with Gasteiger partial charge in [0.15, 0.2) is 5.69 Å². The van der Waals surface area contributed by atoms with Crippen LogP contribution in [0.3, 0.4) is 0 Å². The molecule has 2 rings (SSSR count). The van der Waals surface area contributed by atoms with Crippen molar-refractivity contribution < 1.29 is 4.79 Å². The Morgan fingerprint density at radius 1 is 1.47 bits per heavy atom. The van der Waals surface area contributed by atoms with Gasteiger partial charge in [-0.05, 0) is 53.3 Å². The number of amides is 1. The minimum absolute atomic E-state index is 0.0983. The SMILES string of the molecule is Cc1cc(-n2cc(N)c(C(N)=O)n2)ccc1I. The first-order chi connectivity index (χ1) is 7.99. The average molecular weight is 342 g/mol. The van der Waals surface area contributed by atoms with E-state index in [4.69, 9.17) is 11.5 Å². The summed E-state index contributed by atoms with van der Waals surface area (Å²) in [4.78, 5) is 11.1. The second-order valence-electron chi connectivity index (χ2n) is 3.68. The lowest BCUT2D eigenvalue weighted by Crippen LogP contribution is -2.14. The molecule has 0 aliphatic carbocycles. The zero-order chi connectivity index (χ0) is 12.6. The molecule has 0 aliphatic heterocycles. The van der Waals surface area contributed by atoms with Gasteiger partial charge in [0, 0.05) is 3.57 Å². The average Bonchev–Trinajstić information content (AvgIpc) is 2.64. The van der Waals surface area contributed by atoms with Gasteiger partial charge in [0.2, 0.25) is 0 Å². The number of aromatic nitrogens is 2. The number of hydrogen-bond acceptors (Lipinski definition) is 3. The first-order valence-corrected chi connectivity index (χ1v) is 5.98. The van der Waals surface area contributed by atoms with Crippen LogP contribution in [0.1, 0.15) is 16.1 Å². The van der Waals surface area contributed by atoms with Crippen molar-refractivity contribution in [2.24, 2.45) is 5.73 Å². The molecular weight excluding hydrogens is 331 g/mol. The lowest BCUT2D eigenvalue weighted by atomic mass is 10.2. The maximum absolute atomic E-state index is 11.1. The molecule has 1 aromatic carbocycles. The minimum Gasteiger partial charge on any atom is -0.396 e. The molecule has 1 heterocycles. The Morgan fingerprint density at radius 2 is 2.18 bits per heavy atom. The number of primary amides is 1. The molecule has 5 nitrogen and oxygen atoms in total. The molecule has 4 N–H and O–H groups in total. The number of aryl methyl sites for hydroxylation is 1. The van der Waals surface area contributed by atoms with Crippen molar-refractivity contribution in [1.29, 1.82) is 0 Å². The van der Waals surface area contributed by atoms with Crippen molar-refractivity contribution in [1.82, 2.24) is 9.78 Å². The summed E-state index contributed by atoms with van der Waals surface area (Å²) < 4.78 is 2.72. The van der Waals surface area contributed by atoms with E-state index in [1.807, 2.05) is 25.1 Å². The topological polar surface area (TPSA) is 86.9 Å². The summed E-state index contributed by atoms with van der Waals surface area (Å²) in [6.45, 7) is 2.01. The highest BCUT2D eigenvalue weighted by Gasteiger charge is 2.12. The molecule has 0 aliphatic rings. The fraction of sp³-hybridized carbons (Fsp3) is 0.0909. The predicted molar refractivity (Wildman–Crippen MR) is 73.9 cm³/mol. The number of nitrogens with two attached hydrogens (primary N) is 2. The largest absolute Gasteiger partial charge is 0.396 e. The second-order valence-corrected chi connectivity index (χ2v) is 4.84.